The van der Waals surface area contributed by atoms with Gasteiger partial charge >= 0.3 is 5.97 Å². The molecule has 0 spiro atoms. The van der Waals surface area contributed by atoms with Gasteiger partial charge in [0.2, 0.25) is 5.91 Å². The summed E-state index contributed by atoms with van der Waals surface area (Å²) in [5, 5.41) is 11.8. The van der Waals surface area contributed by atoms with Crippen molar-refractivity contribution < 1.29 is 19.1 Å². The molecule has 0 saturated heterocycles. The van der Waals surface area contributed by atoms with Crippen LogP contribution in [-0.4, -0.2) is 17.0 Å². The van der Waals surface area contributed by atoms with Gasteiger partial charge in [0.1, 0.15) is 5.82 Å². The summed E-state index contributed by atoms with van der Waals surface area (Å²) >= 11 is 0. The van der Waals surface area contributed by atoms with Crippen LogP contribution in [0.15, 0.2) is 24.3 Å². The number of carboxylic acids is 1. The Morgan fingerprint density at radius 2 is 2.05 bits per heavy atom. The van der Waals surface area contributed by atoms with Gasteiger partial charge in [0.15, 0.2) is 0 Å². The summed E-state index contributed by atoms with van der Waals surface area (Å²) in [7, 11) is 0. The topological polar surface area (TPSA) is 66.4 Å². The van der Waals surface area contributed by atoms with Gasteiger partial charge in [-0.05, 0) is 43.9 Å². The van der Waals surface area contributed by atoms with E-state index in [-0.39, 0.29) is 23.7 Å². The van der Waals surface area contributed by atoms with Gasteiger partial charge in [-0.2, -0.15) is 0 Å². The molecule has 4 nitrogen and oxygen atoms in total. The van der Waals surface area contributed by atoms with Gasteiger partial charge < -0.3 is 10.4 Å². The normalized spacial score (nSPS) is 23.3. The number of nitrogens with one attached hydrogen (secondary N) is 1. The molecular weight excluding hydrogens is 261 g/mol. The number of aliphatic carboxylic acids is 1. The van der Waals surface area contributed by atoms with Gasteiger partial charge in [0.25, 0.3) is 0 Å². The van der Waals surface area contributed by atoms with Gasteiger partial charge in [-0.15, -0.1) is 0 Å². The predicted octanol–water partition coefficient (Wildman–Crippen LogP) is 2.50. The number of carbonyl (C=O) groups excluding carboxylic acids is 1. The first-order valence-electron chi connectivity index (χ1n) is 6.76. The number of hydrogen-bond donors (Lipinski definition) is 2. The number of amides is 1. The fraction of sp³-hybridized carbons (Fsp3) is 0.467. The quantitative estimate of drug-likeness (QED) is 0.890. The van der Waals surface area contributed by atoms with Crippen molar-refractivity contribution in [1.82, 2.24) is 5.32 Å². The van der Waals surface area contributed by atoms with Gasteiger partial charge in [-0.3, -0.25) is 9.59 Å². The van der Waals surface area contributed by atoms with E-state index >= 15 is 0 Å². The molecule has 0 heterocycles. The minimum atomic E-state index is -0.835. The summed E-state index contributed by atoms with van der Waals surface area (Å²) in [5.74, 6) is -2.00. The minimum absolute atomic E-state index is 0.148. The number of benzene rings is 1. The number of hydrogen-bond acceptors (Lipinski definition) is 2. The Kier molecular flexibility index (Phi) is 4.37. The zero-order valence-corrected chi connectivity index (χ0v) is 11.3. The van der Waals surface area contributed by atoms with Gasteiger partial charge in [0, 0.05) is 5.92 Å². The Morgan fingerprint density at radius 1 is 1.35 bits per heavy atom. The van der Waals surface area contributed by atoms with Gasteiger partial charge in [-0.1, -0.05) is 12.1 Å². The maximum absolute atomic E-state index is 13.1. The molecule has 0 aliphatic heterocycles. The number of halogens is 1. The average Bonchev–Trinajstić information content (AvgIpc) is 2.88. The standard InChI is InChI=1S/C15H18FNO3/c1-9(10-3-2-4-13(16)8-10)17-14(18)11-5-6-12(7-11)15(19)20/h2-4,8-9,11-12H,5-7H2,1H3,(H,17,18)(H,19,20). The van der Waals surface area contributed by atoms with Crippen LogP contribution in [0.2, 0.25) is 0 Å². The molecule has 1 aliphatic carbocycles. The smallest absolute Gasteiger partial charge is 0.306 e. The van der Waals surface area contributed by atoms with Crippen LogP contribution >= 0.6 is 0 Å². The summed E-state index contributed by atoms with van der Waals surface area (Å²) < 4.78 is 13.1. The SMILES string of the molecule is CC(NC(=O)C1CCC(C(=O)O)C1)c1cccc(F)c1. The lowest BCUT2D eigenvalue weighted by Gasteiger charge is -2.17. The van der Waals surface area contributed by atoms with Crippen molar-refractivity contribution in [1.29, 1.82) is 0 Å². The molecule has 1 aromatic rings. The Balaban J connectivity index is 1.93. The highest BCUT2D eigenvalue weighted by Crippen LogP contribution is 2.31. The third kappa shape index (κ3) is 3.35. The molecule has 1 saturated carbocycles. The third-order valence-electron chi connectivity index (χ3n) is 3.86. The zero-order valence-electron chi connectivity index (χ0n) is 11.3. The number of carbonyl (C=O) groups is 2. The van der Waals surface area contributed by atoms with Crippen molar-refractivity contribution >= 4 is 11.9 Å². The summed E-state index contributed by atoms with van der Waals surface area (Å²) in [6, 6.07) is 5.81. The molecule has 2 N–H and O–H groups in total. The first-order chi connectivity index (χ1) is 9.47. The van der Waals surface area contributed by atoms with E-state index in [1.54, 1.807) is 19.1 Å². The van der Waals surface area contributed by atoms with Crippen LogP contribution in [0.1, 0.15) is 37.8 Å². The second kappa shape index (κ2) is 6.03. The highest BCUT2D eigenvalue weighted by Gasteiger charge is 2.34. The number of rotatable bonds is 4. The van der Waals surface area contributed by atoms with E-state index in [1.807, 2.05) is 0 Å². The molecule has 1 amide bonds. The largest absolute Gasteiger partial charge is 0.481 e. The Morgan fingerprint density at radius 3 is 2.65 bits per heavy atom. The first kappa shape index (κ1) is 14.5. The molecule has 108 valence electrons. The van der Waals surface area contributed by atoms with E-state index in [0.717, 1.165) is 0 Å². The van der Waals surface area contributed by atoms with E-state index in [1.165, 1.54) is 12.1 Å². The summed E-state index contributed by atoms with van der Waals surface area (Å²) in [6.07, 6.45) is 1.53. The Bertz CT molecular complexity index is 518. The third-order valence-corrected chi connectivity index (χ3v) is 3.86. The monoisotopic (exact) mass is 279 g/mol. The number of carboxylic acid groups (broad SMARTS) is 1. The first-order valence-corrected chi connectivity index (χ1v) is 6.76. The molecule has 3 atom stereocenters. The molecule has 2 rings (SSSR count). The second-order valence-corrected chi connectivity index (χ2v) is 5.33. The molecule has 1 aliphatic rings. The van der Waals surface area contributed by atoms with Crippen LogP contribution in [0.5, 0.6) is 0 Å². The van der Waals surface area contributed by atoms with E-state index in [4.69, 9.17) is 5.11 Å². The van der Waals surface area contributed by atoms with E-state index in [9.17, 15) is 14.0 Å². The van der Waals surface area contributed by atoms with Crippen molar-refractivity contribution in [3.63, 3.8) is 0 Å². The van der Waals surface area contributed by atoms with Crippen LogP contribution in [0.3, 0.4) is 0 Å². The lowest BCUT2D eigenvalue weighted by molar-refractivity contribution is -0.141. The Labute approximate surface area is 117 Å². The maximum atomic E-state index is 13.1. The lowest BCUT2D eigenvalue weighted by Crippen LogP contribution is -2.32. The van der Waals surface area contributed by atoms with Gasteiger partial charge in [0.05, 0.1) is 12.0 Å². The van der Waals surface area contributed by atoms with Crippen LogP contribution in [-0.2, 0) is 9.59 Å². The fourth-order valence-corrected chi connectivity index (χ4v) is 2.63. The van der Waals surface area contributed by atoms with Crippen molar-refractivity contribution in [3.8, 4) is 0 Å². The van der Waals surface area contributed by atoms with Crippen LogP contribution in [0.4, 0.5) is 4.39 Å². The van der Waals surface area contributed by atoms with Crippen molar-refractivity contribution in [2.24, 2.45) is 11.8 Å². The van der Waals surface area contributed by atoms with E-state index in [0.29, 0.717) is 24.8 Å². The highest BCUT2D eigenvalue weighted by atomic mass is 19.1. The lowest BCUT2D eigenvalue weighted by atomic mass is 10.0. The molecule has 0 radical (unpaired) electrons. The maximum Gasteiger partial charge on any atom is 0.306 e. The Hall–Kier alpha value is -1.91. The molecule has 5 heteroatoms. The molecule has 20 heavy (non-hydrogen) atoms. The average molecular weight is 279 g/mol. The zero-order chi connectivity index (χ0) is 14.7. The summed E-state index contributed by atoms with van der Waals surface area (Å²) in [4.78, 5) is 23.0. The van der Waals surface area contributed by atoms with Crippen molar-refractivity contribution in [3.05, 3.63) is 35.6 Å². The molecule has 3 unspecified atom stereocenters. The molecule has 1 aromatic carbocycles. The van der Waals surface area contributed by atoms with Crippen LogP contribution in [0, 0.1) is 17.7 Å². The highest BCUT2D eigenvalue weighted by molar-refractivity contribution is 5.81. The summed E-state index contributed by atoms with van der Waals surface area (Å²) in [6.45, 7) is 1.79. The molecule has 1 fully saturated rings. The predicted molar refractivity (Wildman–Crippen MR) is 71.4 cm³/mol. The van der Waals surface area contributed by atoms with E-state index < -0.39 is 11.9 Å². The summed E-state index contributed by atoms with van der Waals surface area (Å²) in [5.41, 5.74) is 0.700. The van der Waals surface area contributed by atoms with Crippen LogP contribution < -0.4 is 5.32 Å². The van der Waals surface area contributed by atoms with Crippen LogP contribution in [0.25, 0.3) is 0 Å². The second-order valence-electron chi connectivity index (χ2n) is 5.33. The molecule has 0 aromatic heterocycles. The minimum Gasteiger partial charge on any atom is -0.481 e. The van der Waals surface area contributed by atoms with E-state index in [2.05, 4.69) is 5.32 Å². The van der Waals surface area contributed by atoms with Crippen molar-refractivity contribution in [2.45, 2.75) is 32.2 Å². The van der Waals surface area contributed by atoms with Crippen molar-refractivity contribution in [2.75, 3.05) is 0 Å². The molecule has 0 bridgehead atoms. The fourth-order valence-electron chi connectivity index (χ4n) is 2.63. The van der Waals surface area contributed by atoms with Gasteiger partial charge in [-0.25, -0.2) is 4.39 Å². The molecular formula is C15H18FNO3.